The van der Waals surface area contributed by atoms with E-state index in [-0.39, 0.29) is 24.0 Å². The van der Waals surface area contributed by atoms with Crippen LogP contribution in [0.1, 0.15) is 44.0 Å². The van der Waals surface area contributed by atoms with E-state index in [2.05, 4.69) is 67.1 Å². The summed E-state index contributed by atoms with van der Waals surface area (Å²) in [5.74, 6) is 2.12. The highest BCUT2D eigenvalue weighted by Crippen LogP contribution is 2.18. The third kappa shape index (κ3) is 6.90. The summed E-state index contributed by atoms with van der Waals surface area (Å²) >= 11 is 0. The van der Waals surface area contributed by atoms with Crippen molar-refractivity contribution in [3.05, 3.63) is 48.0 Å². The Labute approximate surface area is 203 Å². The number of benzene rings is 1. The molecule has 0 radical (unpaired) electrons. The molecule has 1 saturated carbocycles. The van der Waals surface area contributed by atoms with E-state index in [0.29, 0.717) is 6.04 Å². The molecule has 8 heteroatoms. The van der Waals surface area contributed by atoms with Crippen LogP contribution in [0.3, 0.4) is 0 Å². The number of aliphatic imine (C=N–C) groups is 1. The molecule has 2 aromatic rings. The fourth-order valence-corrected chi connectivity index (χ4v) is 4.45. The van der Waals surface area contributed by atoms with Crippen molar-refractivity contribution in [2.24, 2.45) is 4.99 Å². The molecule has 1 saturated heterocycles. The molecule has 1 N–H and O–H groups in total. The average Bonchev–Trinajstić information content (AvgIpc) is 3.46. The number of rotatable bonds is 7. The Kier molecular flexibility index (Phi) is 9.57. The Morgan fingerprint density at radius 2 is 1.84 bits per heavy atom. The molecule has 0 bridgehead atoms. The summed E-state index contributed by atoms with van der Waals surface area (Å²) < 4.78 is 2.12. The van der Waals surface area contributed by atoms with Gasteiger partial charge in [-0.05, 0) is 18.4 Å². The second kappa shape index (κ2) is 12.4. The minimum Gasteiger partial charge on any atom is -0.354 e. The van der Waals surface area contributed by atoms with Crippen LogP contribution in [0.25, 0.3) is 0 Å². The minimum atomic E-state index is 0. The normalized spacial score (nSPS) is 18.2. The summed E-state index contributed by atoms with van der Waals surface area (Å²) in [4.78, 5) is 10.0. The predicted molar refractivity (Wildman–Crippen MR) is 136 cm³/mol. The summed E-state index contributed by atoms with van der Waals surface area (Å²) in [5.41, 5.74) is 1.39. The number of nitrogens with one attached hydrogen (secondary N) is 1. The molecule has 2 heterocycles. The number of hydrogen-bond acceptors (Lipinski definition) is 4. The smallest absolute Gasteiger partial charge is 0.194 e. The lowest BCUT2D eigenvalue weighted by Crippen LogP contribution is -2.53. The van der Waals surface area contributed by atoms with Crippen molar-refractivity contribution in [1.82, 2.24) is 29.9 Å². The fourth-order valence-electron chi connectivity index (χ4n) is 4.45. The van der Waals surface area contributed by atoms with Crippen molar-refractivity contribution in [3.8, 4) is 0 Å². The van der Waals surface area contributed by atoms with Crippen LogP contribution in [0.4, 0.5) is 0 Å². The van der Waals surface area contributed by atoms with Crippen molar-refractivity contribution in [3.63, 3.8) is 0 Å². The van der Waals surface area contributed by atoms with Gasteiger partial charge in [-0.1, -0.05) is 50.1 Å². The van der Waals surface area contributed by atoms with Gasteiger partial charge >= 0.3 is 0 Å². The van der Waals surface area contributed by atoms with Gasteiger partial charge in [-0.3, -0.25) is 9.89 Å². The molecule has 4 rings (SSSR count). The van der Waals surface area contributed by atoms with Crippen LogP contribution in [0.2, 0.25) is 0 Å². The van der Waals surface area contributed by atoms with Gasteiger partial charge < -0.3 is 14.8 Å². The van der Waals surface area contributed by atoms with Crippen molar-refractivity contribution in [2.75, 3.05) is 32.7 Å². The summed E-state index contributed by atoms with van der Waals surface area (Å²) in [6, 6.07) is 11.4. The van der Waals surface area contributed by atoms with Crippen LogP contribution < -0.4 is 5.32 Å². The van der Waals surface area contributed by atoms with Gasteiger partial charge in [0.2, 0.25) is 0 Å². The van der Waals surface area contributed by atoms with E-state index >= 15 is 0 Å². The topological polar surface area (TPSA) is 61.6 Å². The van der Waals surface area contributed by atoms with Crippen molar-refractivity contribution in [1.29, 1.82) is 0 Å². The molecule has 0 unspecified atom stereocenters. The standard InChI is InChI=1S/C23H35N7.HI/c1-2-22-27-25-19-30(22)13-12-24-23(26-21-10-6-7-11-21)29-16-14-28(15-17-29)18-20-8-4-3-5-9-20;/h3-5,8-9,19,21H,2,6-7,10-18H2,1H3,(H,24,26);1H. The SMILES string of the molecule is CCc1nncn1CCN=C(NC1CCCC1)N1CCN(Cc2ccccc2)CC1.I. The molecule has 1 aliphatic heterocycles. The summed E-state index contributed by atoms with van der Waals surface area (Å²) in [6.07, 6.45) is 7.91. The summed E-state index contributed by atoms with van der Waals surface area (Å²) in [6.45, 7) is 8.94. The van der Waals surface area contributed by atoms with Crippen LogP contribution in [-0.4, -0.2) is 69.3 Å². The Hall–Kier alpha value is -1.68. The molecule has 0 atom stereocenters. The van der Waals surface area contributed by atoms with Crippen molar-refractivity contribution < 1.29 is 0 Å². The zero-order valence-corrected chi connectivity index (χ0v) is 20.9. The number of aromatic nitrogens is 3. The lowest BCUT2D eigenvalue weighted by Gasteiger charge is -2.37. The van der Waals surface area contributed by atoms with Gasteiger partial charge in [-0.25, -0.2) is 0 Å². The molecule has 1 aliphatic carbocycles. The Morgan fingerprint density at radius 1 is 1.10 bits per heavy atom. The molecule has 2 fully saturated rings. The molecule has 31 heavy (non-hydrogen) atoms. The highest BCUT2D eigenvalue weighted by atomic mass is 127. The van der Waals surface area contributed by atoms with E-state index in [1.54, 1.807) is 0 Å². The van der Waals surface area contributed by atoms with Crippen LogP contribution in [0, 0.1) is 0 Å². The molecule has 7 nitrogen and oxygen atoms in total. The maximum Gasteiger partial charge on any atom is 0.194 e. The van der Waals surface area contributed by atoms with Gasteiger partial charge in [0.05, 0.1) is 6.54 Å². The molecule has 0 spiro atoms. The molecule has 2 aliphatic rings. The van der Waals surface area contributed by atoms with Gasteiger partial charge in [-0.2, -0.15) is 0 Å². The second-order valence-corrected chi connectivity index (χ2v) is 8.37. The van der Waals surface area contributed by atoms with E-state index in [1.165, 1.54) is 31.2 Å². The lowest BCUT2D eigenvalue weighted by atomic mass is 10.2. The quantitative estimate of drug-likeness (QED) is 0.334. The largest absolute Gasteiger partial charge is 0.354 e. The Bertz CT molecular complexity index is 793. The first kappa shape index (κ1) is 24.0. The Balaban J connectivity index is 0.00000272. The summed E-state index contributed by atoms with van der Waals surface area (Å²) in [7, 11) is 0. The third-order valence-corrected chi connectivity index (χ3v) is 6.22. The minimum absolute atomic E-state index is 0. The fraction of sp³-hybridized carbons (Fsp3) is 0.609. The van der Waals surface area contributed by atoms with Crippen molar-refractivity contribution >= 4 is 29.9 Å². The maximum atomic E-state index is 5.01. The molecular weight excluding hydrogens is 501 g/mol. The van der Waals surface area contributed by atoms with E-state index in [1.807, 2.05) is 6.33 Å². The first-order valence-corrected chi connectivity index (χ1v) is 11.5. The first-order valence-electron chi connectivity index (χ1n) is 11.5. The number of guanidine groups is 1. The van der Waals surface area contributed by atoms with Gasteiger partial charge in [-0.15, -0.1) is 34.2 Å². The number of hydrogen-bond donors (Lipinski definition) is 1. The maximum absolute atomic E-state index is 5.01. The predicted octanol–water partition coefficient (Wildman–Crippen LogP) is 3.16. The van der Waals surface area contributed by atoms with Crippen molar-refractivity contribution in [2.45, 2.75) is 58.2 Å². The zero-order valence-electron chi connectivity index (χ0n) is 18.6. The van der Waals surface area contributed by atoms with Crippen LogP contribution in [0.5, 0.6) is 0 Å². The molecule has 1 aromatic carbocycles. The number of nitrogens with zero attached hydrogens (tertiary/aromatic N) is 6. The average molecular weight is 537 g/mol. The highest BCUT2D eigenvalue weighted by molar-refractivity contribution is 14.0. The van der Waals surface area contributed by atoms with Crippen LogP contribution in [0.15, 0.2) is 41.7 Å². The monoisotopic (exact) mass is 537 g/mol. The summed E-state index contributed by atoms with van der Waals surface area (Å²) in [5, 5.41) is 12.0. The number of piperazine rings is 1. The molecular formula is C23H36IN7. The van der Waals surface area contributed by atoms with E-state index in [4.69, 9.17) is 4.99 Å². The van der Waals surface area contributed by atoms with Gasteiger partial charge in [0.25, 0.3) is 0 Å². The van der Waals surface area contributed by atoms with E-state index in [0.717, 1.165) is 64.0 Å². The number of halogens is 1. The molecule has 170 valence electrons. The van der Waals surface area contributed by atoms with Gasteiger partial charge in [0, 0.05) is 51.7 Å². The van der Waals surface area contributed by atoms with Crippen LogP contribution >= 0.6 is 24.0 Å². The van der Waals surface area contributed by atoms with Crippen LogP contribution in [-0.2, 0) is 19.5 Å². The highest BCUT2D eigenvalue weighted by Gasteiger charge is 2.23. The molecule has 0 amide bonds. The second-order valence-electron chi connectivity index (χ2n) is 8.37. The van der Waals surface area contributed by atoms with E-state index < -0.39 is 0 Å². The molecule has 1 aromatic heterocycles. The third-order valence-electron chi connectivity index (χ3n) is 6.22. The first-order chi connectivity index (χ1) is 14.8. The van der Waals surface area contributed by atoms with Gasteiger partial charge in [0.15, 0.2) is 5.96 Å². The Morgan fingerprint density at radius 3 is 2.55 bits per heavy atom. The lowest BCUT2D eigenvalue weighted by molar-refractivity contribution is 0.171. The number of aryl methyl sites for hydroxylation is 1. The van der Waals surface area contributed by atoms with E-state index in [9.17, 15) is 0 Å². The zero-order chi connectivity index (χ0) is 20.6. The van der Waals surface area contributed by atoms with Gasteiger partial charge in [0.1, 0.15) is 12.2 Å².